The fourth-order valence-corrected chi connectivity index (χ4v) is 2.94. The summed E-state index contributed by atoms with van der Waals surface area (Å²) in [6.45, 7) is 1.60. The van der Waals surface area contributed by atoms with Crippen molar-refractivity contribution in [2.75, 3.05) is 13.1 Å². The standard InChI is InChI=1S/C19H18N4O2/c24-19(23-10-4-5-11-23)17-13-25-18(20-17)12-15-8-9-16(22-21-15)14-6-2-1-3-7-14/h1-3,6-9,13H,4-5,10-12H2. The molecule has 126 valence electrons. The Morgan fingerprint density at radius 1 is 1.04 bits per heavy atom. The third kappa shape index (κ3) is 3.42. The zero-order valence-corrected chi connectivity index (χ0v) is 13.8. The van der Waals surface area contributed by atoms with E-state index >= 15 is 0 Å². The van der Waals surface area contributed by atoms with Gasteiger partial charge in [-0.25, -0.2) is 4.98 Å². The van der Waals surface area contributed by atoms with Gasteiger partial charge in [0.05, 0.1) is 17.8 Å². The molecule has 1 aliphatic heterocycles. The van der Waals surface area contributed by atoms with Crippen molar-refractivity contribution < 1.29 is 9.21 Å². The Kier molecular flexibility index (Phi) is 4.24. The summed E-state index contributed by atoms with van der Waals surface area (Å²) in [5, 5.41) is 8.49. The molecule has 0 bridgehead atoms. The fourth-order valence-electron chi connectivity index (χ4n) is 2.94. The quantitative estimate of drug-likeness (QED) is 0.733. The van der Waals surface area contributed by atoms with E-state index in [0.29, 0.717) is 18.0 Å². The zero-order chi connectivity index (χ0) is 17.1. The van der Waals surface area contributed by atoms with Crippen molar-refractivity contribution in [1.29, 1.82) is 0 Å². The van der Waals surface area contributed by atoms with Crippen LogP contribution in [0.3, 0.4) is 0 Å². The minimum absolute atomic E-state index is 0.0574. The topological polar surface area (TPSA) is 72.1 Å². The number of rotatable bonds is 4. The molecule has 0 unspecified atom stereocenters. The van der Waals surface area contributed by atoms with Crippen LogP contribution in [0, 0.1) is 0 Å². The molecule has 1 aromatic carbocycles. The van der Waals surface area contributed by atoms with Crippen molar-refractivity contribution in [3.05, 3.63) is 66.0 Å². The molecule has 3 heterocycles. The molecule has 1 saturated heterocycles. The highest BCUT2D eigenvalue weighted by molar-refractivity contribution is 5.92. The number of carbonyl (C=O) groups is 1. The lowest BCUT2D eigenvalue weighted by molar-refractivity contribution is 0.0787. The van der Waals surface area contributed by atoms with E-state index in [1.807, 2.05) is 47.4 Å². The maximum Gasteiger partial charge on any atom is 0.275 e. The summed E-state index contributed by atoms with van der Waals surface area (Å²) in [5.74, 6) is 0.419. The number of hydrogen-bond donors (Lipinski definition) is 0. The van der Waals surface area contributed by atoms with E-state index < -0.39 is 0 Å². The smallest absolute Gasteiger partial charge is 0.275 e. The Balaban J connectivity index is 1.45. The Labute approximate surface area is 145 Å². The van der Waals surface area contributed by atoms with Crippen molar-refractivity contribution in [3.63, 3.8) is 0 Å². The first-order chi connectivity index (χ1) is 12.3. The Morgan fingerprint density at radius 2 is 1.84 bits per heavy atom. The summed E-state index contributed by atoms with van der Waals surface area (Å²) in [6, 6.07) is 13.7. The van der Waals surface area contributed by atoms with Crippen LogP contribution < -0.4 is 0 Å². The largest absolute Gasteiger partial charge is 0.448 e. The molecule has 3 aromatic rings. The van der Waals surface area contributed by atoms with Crippen LogP contribution in [-0.2, 0) is 6.42 Å². The molecule has 4 rings (SSSR count). The van der Waals surface area contributed by atoms with Gasteiger partial charge in [0.1, 0.15) is 6.26 Å². The van der Waals surface area contributed by atoms with Gasteiger partial charge in [-0.1, -0.05) is 30.3 Å². The van der Waals surface area contributed by atoms with E-state index in [2.05, 4.69) is 15.2 Å². The Morgan fingerprint density at radius 3 is 2.56 bits per heavy atom. The second kappa shape index (κ2) is 6.84. The summed E-state index contributed by atoms with van der Waals surface area (Å²) in [4.78, 5) is 18.4. The predicted molar refractivity (Wildman–Crippen MR) is 91.9 cm³/mol. The monoisotopic (exact) mass is 334 g/mol. The van der Waals surface area contributed by atoms with Gasteiger partial charge in [0, 0.05) is 18.7 Å². The predicted octanol–water partition coefficient (Wildman–Crippen LogP) is 2.96. The van der Waals surface area contributed by atoms with Crippen LogP contribution in [0.25, 0.3) is 11.3 Å². The second-order valence-corrected chi connectivity index (χ2v) is 6.08. The second-order valence-electron chi connectivity index (χ2n) is 6.08. The Bertz CT molecular complexity index is 853. The van der Waals surface area contributed by atoms with Gasteiger partial charge in [0.25, 0.3) is 5.91 Å². The van der Waals surface area contributed by atoms with Crippen LogP contribution in [0.15, 0.2) is 53.1 Å². The minimum Gasteiger partial charge on any atom is -0.448 e. The lowest BCUT2D eigenvalue weighted by Crippen LogP contribution is -2.27. The summed E-state index contributed by atoms with van der Waals surface area (Å²) >= 11 is 0. The molecule has 0 N–H and O–H groups in total. The van der Waals surface area contributed by atoms with Crippen molar-refractivity contribution in [2.24, 2.45) is 0 Å². The van der Waals surface area contributed by atoms with E-state index in [0.717, 1.165) is 42.9 Å². The van der Waals surface area contributed by atoms with Crippen molar-refractivity contribution in [2.45, 2.75) is 19.3 Å². The summed E-state index contributed by atoms with van der Waals surface area (Å²) in [5.41, 5.74) is 2.96. The Hall–Kier alpha value is -3.02. The maximum absolute atomic E-state index is 12.3. The van der Waals surface area contributed by atoms with Gasteiger partial charge < -0.3 is 9.32 Å². The van der Waals surface area contributed by atoms with Crippen LogP contribution in [0.2, 0.25) is 0 Å². The lowest BCUT2D eigenvalue weighted by Gasteiger charge is -2.12. The average Bonchev–Trinajstić information content (AvgIpc) is 3.35. The van der Waals surface area contributed by atoms with Crippen LogP contribution in [0.4, 0.5) is 0 Å². The fraction of sp³-hybridized carbons (Fsp3) is 0.263. The number of aromatic nitrogens is 3. The van der Waals surface area contributed by atoms with Gasteiger partial charge in [0.15, 0.2) is 5.69 Å². The first kappa shape index (κ1) is 15.5. The first-order valence-corrected chi connectivity index (χ1v) is 8.41. The number of carbonyl (C=O) groups excluding carboxylic acids is 1. The number of likely N-dealkylation sites (tertiary alicyclic amines) is 1. The van der Waals surface area contributed by atoms with Crippen molar-refractivity contribution in [3.8, 4) is 11.3 Å². The summed E-state index contributed by atoms with van der Waals surface area (Å²) in [6.07, 6.45) is 3.96. The summed E-state index contributed by atoms with van der Waals surface area (Å²) in [7, 11) is 0. The van der Waals surface area contributed by atoms with E-state index in [4.69, 9.17) is 4.42 Å². The molecule has 6 nitrogen and oxygen atoms in total. The molecule has 1 aliphatic rings. The molecular weight excluding hydrogens is 316 g/mol. The number of oxazole rings is 1. The zero-order valence-electron chi connectivity index (χ0n) is 13.8. The average molecular weight is 334 g/mol. The molecule has 0 atom stereocenters. The molecular formula is C19H18N4O2. The van der Waals surface area contributed by atoms with Gasteiger partial charge in [-0.3, -0.25) is 4.79 Å². The molecule has 1 amide bonds. The van der Waals surface area contributed by atoms with E-state index in [1.165, 1.54) is 6.26 Å². The van der Waals surface area contributed by atoms with Gasteiger partial charge >= 0.3 is 0 Å². The number of benzene rings is 1. The number of amides is 1. The molecule has 0 aliphatic carbocycles. The molecule has 2 aromatic heterocycles. The van der Waals surface area contributed by atoms with Gasteiger partial charge in [-0.05, 0) is 25.0 Å². The minimum atomic E-state index is -0.0574. The van der Waals surface area contributed by atoms with Crippen molar-refractivity contribution in [1.82, 2.24) is 20.1 Å². The molecule has 0 spiro atoms. The maximum atomic E-state index is 12.3. The van der Waals surface area contributed by atoms with E-state index in [-0.39, 0.29) is 5.91 Å². The lowest BCUT2D eigenvalue weighted by atomic mass is 10.1. The van der Waals surface area contributed by atoms with Gasteiger partial charge in [-0.2, -0.15) is 10.2 Å². The molecule has 0 saturated carbocycles. The van der Waals surface area contributed by atoms with Gasteiger partial charge in [-0.15, -0.1) is 0 Å². The highest BCUT2D eigenvalue weighted by atomic mass is 16.3. The third-order valence-corrected chi connectivity index (χ3v) is 4.29. The molecule has 1 fully saturated rings. The summed E-state index contributed by atoms with van der Waals surface area (Å²) < 4.78 is 5.44. The van der Waals surface area contributed by atoms with Crippen LogP contribution >= 0.6 is 0 Å². The molecule has 0 radical (unpaired) electrons. The van der Waals surface area contributed by atoms with Crippen LogP contribution in [0.5, 0.6) is 0 Å². The highest BCUT2D eigenvalue weighted by Crippen LogP contribution is 2.17. The normalized spacial score (nSPS) is 14.0. The first-order valence-electron chi connectivity index (χ1n) is 8.41. The number of nitrogens with zero attached hydrogens (tertiary/aromatic N) is 4. The SMILES string of the molecule is O=C(c1coc(Cc2ccc(-c3ccccc3)nn2)n1)N1CCCC1. The molecule has 25 heavy (non-hydrogen) atoms. The van der Waals surface area contributed by atoms with E-state index in [9.17, 15) is 4.79 Å². The highest BCUT2D eigenvalue weighted by Gasteiger charge is 2.22. The van der Waals surface area contributed by atoms with Crippen molar-refractivity contribution >= 4 is 5.91 Å². The molecule has 6 heteroatoms. The van der Waals surface area contributed by atoms with E-state index in [1.54, 1.807) is 0 Å². The third-order valence-electron chi connectivity index (χ3n) is 4.29. The number of hydrogen-bond acceptors (Lipinski definition) is 5. The van der Waals surface area contributed by atoms with Gasteiger partial charge in [0.2, 0.25) is 5.89 Å². The van der Waals surface area contributed by atoms with Crippen LogP contribution in [-0.4, -0.2) is 39.1 Å². The van der Waals surface area contributed by atoms with Crippen LogP contribution in [0.1, 0.15) is 34.9 Å².